The van der Waals surface area contributed by atoms with Crippen molar-refractivity contribution in [2.45, 2.75) is 6.04 Å². The predicted octanol–water partition coefficient (Wildman–Crippen LogP) is 3.55. The van der Waals surface area contributed by atoms with E-state index in [2.05, 4.69) is 15.9 Å². The van der Waals surface area contributed by atoms with Crippen molar-refractivity contribution in [3.8, 4) is 0 Å². The largest absolute Gasteiger partial charge is 0.300 e. The fourth-order valence-corrected chi connectivity index (χ4v) is 4.27. The molecule has 4 nitrogen and oxygen atoms in total. The Morgan fingerprint density at radius 2 is 1.79 bits per heavy atom. The fourth-order valence-electron chi connectivity index (χ4n) is 2.55. The fraction of sp³-hybridized carbons (Fsp3) is 0.118. The Labute approximate surface area is 147 Å². The molecule has 0 fully saturated rings. The van der Waals surface area contributed by atoms with Crippen LogP contribution in [-0.2, 0) is 9.84 Å². The molecule has 24 heavy (non-hydrogen) atoms. The molecule has 0 unspecified atom stereocenters. The van der Waals surface area contributed by atoms with Crippen molar-refractivity contribution >= 4 is 37.4 Å². The second-order valence-corrected chi connectivity index (χ2v) is 8.14. The van der Waals surface area contributed by atoms with Gasteiger partial charge in [0, 0.05) is 15.6 Å². The van der Waals surface area contributed by atoms with E-state index in [9.17, 15) is 17.6 Å². The van der Waals surface area contributed by atoms with Gasteiger partial charge in [-0.2, -0.15) is 0 Å². The van der Waals surface area contributed by atoms with Crippen LogP contribution in [-0.4, -0.2) is 26.1 Å². The lowest BCUT2D eigenvalue weighted by Crippen LogP contribution is -2.41. The van der Waals surface area contributed by atoms with Crippen molar-refractivity contribution in [3.63, 3.8) is 0 Å². The Balaban J connectivity index is 2.05. The molecule has 1 atom stereocenters. The summed E-state index contributed by atoms with van der Waals surface area (Å²) in [6.45, 7) is 0. The molecule has 0 N–H and O–H groups in total. The van der Waals surface area contributed by atoms with Crippen LogP contribution in [0.5, 0.6) is 0 Å². The quantitative estimate of drug-likeness (QED) is 0.778. The van der Waals surface area contributed by atoms with Crippen LogP contribution in [0.2, 0.25) is 0 Å². The summed E-state index contributed by atoms with van der Waals surface area (Å²) in [6.07, 6.45) is 1.48. The Bertz CT molecular complexity index is 910. The van der Waals surface area contributed by atoms with Crippen molar-refractivity contribution < 1.29 is 17.6 Å². The first kappa shape index (κ1) is 16.9. The van der Waals surface area contributed by atoms with Gasteiger partial charge in [0.25, 0.3) is 5.91 Å². The molecule has 2 aromatic rings. The smallest absolute Gasteiger partial charge is 0.260 e. The summed E-state index contributed by atoms with van der Waals surface area (Å²) in [6, 6.07) is 11.6. The molecule has 2 aromatic carbocycles. The van der Waals surface area contributed by atoms with Crippen molar-refractivity contribution in [3.05, 3.63) is 75.9 Å². The van der Waals surface area contributed by atoms with Crippen LogP contribution in [0.3, 0.4) is 0 Å². The minimum atomic E-state index is -3.34. The van der Waals surface area contributed by atoms with E-state index in [-0.39, 0.29) is 11.7 Å². The van der Waals surface area contributed by atoms with Gasteiger partial charge in [0.1, 0.15) is 5.82 Å². The number of sulfone groups is 1. The van der Waals surface area contributed by atoms with Gasteiger partial charge >= 0.3 is 0 Å². The molecule has 1 aliphatic heterocycles. The number of anilines is 1. The zero-order valence-electron chi connectivity index (χ0n) is 12.4. The van der Waals surface area contributed by atoms with E-state index in [4.69, 9.17) is 0 Å². The van der Waals surface area contributed by atoms with Crippen molar-refractivity contribution in [2.75, 3.05) is 10.7 Å². The molecule has 7 heteroatoms. The Hall–Kier alpha value is -1.99. The minimum absolute atomic E-state index is 0.194. The lowest BCUT2D eigenvalue weighted by atomic mass is 10.1. The summed E-state index contributed by atoms with van der Waals surface area (Å²) < 4.78 is 37.3. The molecule has 124 valence electrons. The maximum atomic E-state index is 13.2. The average molecular weight is 410 g/mol. The third kappa shape index (κ3) is 3.42. The van der Waals surface area contributed by atoms with Gasteiger partial charge in [0.2, 0.25) is 0 Å². The van der Waals surface area contributed by atoms with E-state index >= 15 is 0 Å². The predicted molar refractivity (Wildman–Crippen MR) is 94.1 cm³/mol. The second-order valence-electron chi connectivity index (χ2n) is 5.36. The first-order valence-corrected chi connectivity index (χ1v) is 9.63. The number of carbonyl (C=O) groups excluding carboxylic acids is 1. The van der Waals surface area contributed by atoms with Gasteiger partial charge in [0.05, 0.1) is 17.4 Å². The van der Waals surface area contributed by atoms with Gasteiger partial charge in [-0.1, -0.05) is 12.1 Å². The lowest BCUT2D eigenvalue weighted by Gasteiger charge is -2.28. The van der Waals surface area contributed by atoms with Crippen LogP contribution >= 0.6 is 15.9 Å². The van der Waals surface area contributed by atoms with E-state index in [0.717, 1.165) is 5.41 Å². The summed E-state index contributed by atoms with van der Waals surface area (Å²) in [7, 11) is -3.34. The standard InChI is InChI=1S/C17H13BrFNO3S/c18-16-4-2-1-3-15(16)17(21)20(13-7-5-12(19)6-8-13)14-9-10-24(22,23)11-14/h1-10,14H,11H2/t14-/m1/s1. The summed E-state index contributed by atoms with van der Waals surface area (Å²) in [5, 5.41) is 1.11. The van der Waals surface area contributed by atoms with Crippen LogP contribution in [0.4, 0.5) is 10.1 Å². The second kappa shape index (κ2) is 6.49. The molecule has 0 saturated carbocycles. The van der Waals surface area contributed by atoms with E-state index in [0.29, 0.717) is 15.7 Å². The van der Waals surface area contributed by atoms with Crippen LogP contribution in [0.1, 0.15) is 10.4 Å². The minimum Gasteiger partial charge on any atom is -0.300 e. The molecule has 0 aromatic heterocycles. The SMILES string of the molecule is O=C(c1ccccc1Br)N(c1ccc(F)cc1)[C@@H]1C=CS(=O)(=O)C1. The van der Waals surface area contributed by atoms with Crippen LogP contribution < -0.4 is 4.90 Å². The molecule has 1 amide bonds. The molecule has 0 bridgehead atoms. The highest BCUT2D eigenvalue weighted by molar-refractivity contribution is 9.10. The van der Waals surface area contributed by atoms with Crippen LogP contribution in [0, 0.1) is 5.82 Å². The zero-order chi connectivity index (χ0) is 17.3. The molecule has 1 heterocycles. The maximum absolute atomic E-state index is 13.2. The summed E-state index contributed by atoms with van der Waals surface area (Å²) in [5.41, 5.74) is 0.837. The third-order valence-electron chi connectivity index (χ3n) is 3.67. The number of hydrogen-bond acceptors (Lipinski definition) is 3. The first-order valence-electron chi connectivity index (χ1n) is 7.12. The molecule has 1 aliphatic rings. The highest BCUT2D eigenvalue weighted by Gasteiger charge is 2.32. The highest BCUT2D eigenvalue weighted by Crippen LogP contribution is 2.27. The van der Waals surface area contributed by atoms with E-state index in [1.165, 1.54) is 35.2 Å². The van der Waals surface area contributed by atoms with Gasteiger partial charge in [-0.05, 0) is 58.4 Å². The number of benzene rings is 2. The van der Waals surface area contributed by atoms with Gasteiger partial charge in [-0.25, -0.2) is 12.8 Å². The van der Waals surface area contributed by atoms with Gasteiger partial charge < -0.3 is 4.90 Å². The number of hydrogen-bond donors (Lipinski definition) is 0. The van der Waals surface area contributed by atoms with Crippen molar-refractivity contribution in [1.29, 1.82) is 0 Å². The number of rotatable bonds is 3. The molecule has 0 radical (unpaired) electrons. The summed E-state index contributed by atoms with van der Waals surface area (Å²) >= 11 is 3.34. The maximum Gasteiger partial charge on any atom is 0.260 e. The summed E-state index contributed by atoms with van der Waals surface area (Å²) in [5.74, 6) is -0.983. The first-order chi connectivity index (χ1) is 11.4. The van der Waals surface area contributed by atoms with Gasteiger partial charge in [0.15, 0.2) is 9.84 Å². The van der Waals surface area contributed by atoms with Crippen molar-refractivity contribution in [2.24, 2.45) is 0 Å². The van der Waals surface area contributed by atoms with Gasteiger partial charge in [-0.3, -0.25) is 4.79 Å². The molecule has 0 saturated heterocycles. The molecule has 0 spiro atoms. The van der Waals surface area contributed by atoms with E-state index < -0.39 is 21.7 Å². The molecular formula is C17H13BrFNO3S. The van der Waals surface area contributed by atoms with E-state index in [1.54, 1.807) is 24.3 Å². The summed E-state index contributed by atoms with van der Waals surface area (Å²) in [4.78, 5) is 14.4. The molecule has 3 rings (SSSR count). The molecule has 0 aliphatic carbocycles. The monoisotopic (exact) mass is 409 g/mol. The third-order valence-corrected chi connectivity index (χ3v) is 5.74. The topological polar surface area (TPSA) is 54.5 Å². The Morgan fingerprint density at radius 1 is 1.12 bits per heavy atom. The number of amides is 1. The number of carbonyl (C=O) groups is 1. The Kier molecular flexibility index (Phi) is 4.56. The van der Waals surface area contributed by atoms with Crippen LogP contribution in [0.25, 0.3) is 0 Å². The lowest BCUT2D eigenvalue weighted by molar-refractivity contribution is 0.0982. The van der Waals surface area contributed by atoms with E-state index in [1.807, 2.05) is 0 Å². The highest BCUT2D eigenvalue weighted by atomic mass is 79.9. The molecular weight excluding hydrogens is 397 g/mol. The van der Waals surface area contributed by atoms with Crippen molar-refractivity contribution in [1.82, 2.24) is 0 Å². The number of nitrogens with zero attached hydrogens (tertiary/aromatic N) is 1. The normalized spacial score (nSPS) is 18.5. The van der Waals surface area contributed by atoms with Crippen LogP contribution in [0.15, 0.2) is 64.5 Å². The number of halogens is 2. The Morgan fingerprint density at radius 3 is 2.38 bits per heavy atom. The average Bonchev–Trinajstić information content (AvgIpc) is 2.89. The van der Waals surface area contributed by atoms with Gasteiger partial charge in [-0.15, -0.1) is 0 Å². The zero-order valence-corrected chi connectivity index (χ0v) is 14.8.